The Morgan fingerprint density at radius 3 is 2.18 bits per heavy atom. The van der Waals surface area contributed by atoms with Gasteiger partial charge in [0, 0.05) is 28.2 Å². The molecular weight excluding hydrogens is 627 g/mol. The van der Waals surface area contributed by atoms with E-state index in [4.69, 9.17) is 14.2 Å². The molecule has 51 heavy (non-hydrogen) atoms. The molecule has 2 atom stereocenters. The molecule has 4 nitrogen and oxygen atoms in total. The molecule has 248 valence electrons. The van der Waals surface area contributed by atoms with E-state index in [2.05, 4.69) is 140 Å². The molecule has 0 N–H and O–H groups in total. The van der Waals surface area contributed by atoms with Crippen molar-refractivity contribution in [1.29, 1.82) is 0 Å². The van der Waals surface area contributed by atoms with E-state index in [0.29, 0.717) is 28.6 Å². The van der Waals surface area contributed by atoms with Gasteiger partial charge in [0.2, 0.25) is 0 Å². The van der Waals surface area contributed by atoms with Crippen LogP contribution in [-0.4, -0.2) is 6.10 Å². The lowest BCUT2D eigenvalue weighted by Crippen LogP contribution is -2.19. The summed E-state index contributed by atoms with van der Waals surface area (Å²) in [6.45, 7) is 14.2. The van der Waals surface area contributed by atoms with Crippen LogP contribution in [0.5, 0.6) is 17.2 Å². The largest absolute Gasteiger partial charge is 0.485 e. The molecule has 5 aromatic rings. The molecule has 1 aliphatic carbocycles. The molecule has 0 fully saturated rings. The summed E-state index contributed by atoms with van der Waals surface area (Å²) in [7, 11) is 0. The maximum absolute atomic E-state index is 6.34. The highest BCUT2D eigenvalue weighted by atomic mass is 16.6. The van der Waals surface area contributed by atoms with Crippen LogP contribution in [0.4, 0.5) is 17.1 Å². The van der Waals surface area contributed by atoms with Crippen LogP contribution in [0.25, 0.3) is 16.7 Å². The van der Waals surface area contributed by atoms with Gasteiger partial charge >= 0.3 is 0 Å². The van der Waals surface area contributed by atoms with Gasteiger partial charge in [-0.1, -0.05) is 111 Å². The molecule has 0 bridgehead atoms. The van der Waals surface area contributed by atoms with E-state index in [1.165, 1.54) is 16.7 Å². The highest BCUT2D eigenvalue weighted by Gasteiger charge is 2.37. The van der Waals surface area contributed by atoms with Crippen LogP contribution in [-0.2, 0) is 0 Å². The first-order valence-corrected chi connectivity index (χ1v) is 17.1. The molecule has 2 unspecified atom stereocenters. The van der Waals surface area contributed by atoms with Crippen LogP contribution in [0.1, 0.15) is 24.0 Å². The molecule has 0 saturated heterocycles. The first-order valence-electron chi connectivity index (χ1n) is 17.1. The predicted octanol–water partition coefficient (Wildman–Crippen LogP) is 12.2. The Morgan fingerprint density at radius 2 is 1.39 bits per heavy atom. The predicted molar refractivity (Wildman–Crippen MR) is 209 cm³/mol. The van der Waals surface area contributed by atoms with Crippen molar-refractivity contribution in [3.63, 3.8) is 0 Å². The number of ether oxygens (including phenoxy) is 3. The molecule has 8 rings (SSSR count). The van der Waals surface area contributed by atoms with Crippen LogP contribution >= 0.6 is 0 Å². The zero-order chi connectivity index (χ0) is 34.9. The van der Waals surface area contributed by atoms with Gasteiger partial charge in [-0.05, 0) is 102 Å². The summed E-state index contributed by atoms with van der Waals surface area (Å²) >= 11 is 0. The maximum Gasteiger partial charge on any atom is 0.177 e. The van der Waals surface area contributed by atoms with Gasteiger partial charge in [0.15, 0.2) is 23.0 Å². The van der Waals surface area contributed by atoms with E-state index in [0.717, 1.165) is 39.5 Å². The highest BCUT2D eigenvalue weighted by molar-refractivity contribution is 5.84. The maximum atomic E-state index is 6.34. The molecule has 0 radical (unpaired) electrons. The Bertz CT molecular complexity index is 2320. The summed E-state index contributed by atoms with van der Waals surface area (Å²) in [6.07, 6.45) is 11.9. The SMILES string of the molecule is C=CC1=C(C(=C)C(=C)/C=C\C)Oc2ccc(-c3cccc(N(c4ccccc4)c4cccc(C5=CC=CC6Oc7ccccc7C56)c4)c3)cc2O1. The van der Waals surface area contributed by atoms with Gasteiger partial charge < -0.3 is 19.1 Å². The average Bonchev–Trinajstić information content (AvgIpc) is 3.57. The fourth-order valence-electron chi connectivity index (χ4n) is 7.02. The van der Waals surface area contributed by atoms with E-state index >= 15 is 0 Å². The first kappa shape index (κ1) is 31.7. The Hall–Kier alpha value is -6.52. The van der Waals surface area contributed by atoms with Crippen molar-refractivity contribution < 1.29 is 14.2 Å². The Labute approximate surface area is 299 Å². The lowest BCUT2D eigenvalue weighted by molar-refractivity contribution is 0.271. The van der Waals surface area contributed by atoms with E-state index in [9.17, 15) is 0 Å². The van der Waals surface area contributed by atoms with Gasteiger partial charge in [-0.3, -0.25) is 0 Å². The second kappa shape index (κ2) is 13.4. The number of anilines is 3. The number of nitrogens with zero attached hydrogens (tertiary/aromatic N) is 1. The average molecular weight is 664 g/mol. The standard InChI is InChI=1S/C47H37NO3/c1-5-15-31(3)32(4)47-41(6-2)49-45-30-34(26-27-43(45)51-47)33-16-12-20-37(28-33)48(36-18-8-7-9-19-36)38-21-13-17-35(29-38)39-23-14-25-44-46(39)40-22-10-11-24-42(40)50-44/h5-30,44,46H,2-4H2,1H3/b15-5-. The molecule has 2 heterocycles. The second-order valence-electron chi connectivity index (χ2n) is 12.6. The van der Waals surface area contributed by atoms with Crippen molar-refractivity contribution in [1.82, 2.24) is 0 Å². The third-order valence-electron chi connectivity index (χ3n) is 9.46. The van der Waals surface area contributed by atoms with Gasteiger partial charge in [0.1, 0.15) is 11.9 Å². The third-order valence-corrected chi connectivity index (χ3v) is 9.46. The first-order chi connectivity index (χ1) is 25.0. The Kier molecular flexibility index (Phi) is 8.35. The summed E-state index contributed by atoms with van der Waals surface area (Å²) in [4.78, 5) is 2.30. The van der Waals surface area contributed by atoms with Gasteiger partial charge in [-0.25, -0.2) is 0 Å². The normalized spacial score (nSPS) is 16.9. The highest BCUT2D eigenvalue weighted by Crippen LogP contribution is 2.49. The number of fused-ring (bicyclic) bond motifs is 4. The number of hydrogen-bond acceptors (Lipinski definition) is 4. The zero-order valence-corrected chi connectivity index (χ0v) is 28.5. The van der Waals surface area contributed by atoms with E-state index in [1.807, 2.05) is 43.3 Å². The van der Waals surface area contributed by atoms with Crippen molar-refractivity contribution in [3.05, 3.63) is 211 Å². The molecule has 0 aromatic heterocycles. The van der Waals surface area contributed by atoms with Crippen molar-refractivity contribution in [2.24, 2.45) is 0 Å². The van der Waals surface area contributed by atoms with Crippen molar-refractivity contribution in [3.8, 4) is 28.4 Å². The number of rotatable bonds is 9. The van der Waals surface area contributed by atoms with Crippen LogP contribution in [0, 0.1) is 0 Å². The van der Waals surface area contributed by atoms with Crippen molar-refractivity contribution in [2.45, 2.75) is 18.9 Å². The quantitative estimate of drug-likeness (QED) is 0.147. The smallest absolute Gasteiger partial charge is 0.177 e. The fourth-order valence-corrected chi connectivity index (χ4v) is 7.02. The lowest BCUT2D eigenvalue weighted by atomic mass is 9.81. The number of allylic oxidation sites excluding steroid dienone is 6. The van der Waals surface area contributed by atoms with Gasteiger partial charge in [0.05, 0.1) is 5.92 Å². The lowest BCUT2D eigenvalue weighted by Gasteiger charge is -2.28. The van der Waals surface area contributed by atoms with Crippen molar-refractivity contribution in [2.75, 3.05) is 4.90 Å². The minimum atomic E-state index is -0.0138. The Balaban J connectivity index is 1.15. The van der Waals surface area contributed by atoms with Crippen molar-refractivity contribution >= 4 is 22.6 Å². The van der Waals surface area contributed by atoms with Crippen LogP contribution in [0.15, 0.2) is 200 Å². The molecule has 4 heteroatoms. The number of para-hydroxylation sites is 2. The number of hydrogen-bond donors (Lipinski definition) is 0. The van der Waals surface area contributed by atoms with Crippen LogP contribution in [0.2, 0.25) is 0 Å². The topological polar surface area (TPSA) is 30.9 Å². The van der Waals surface area contributed by atoms with Crippen LogP contribution in [0.3, 0.4) is 0 Å². The molecule has 0 saturated carbocycles. The minimum Gasteiger partial charge on any atom is -0.485 e. The summed E-state index contributed by atoms with van der Waals surface area (Å²) in [5.74, 6) is 3.33. The van der Waals surface area contributed by atoms with E-state index in [-0.39, 0.29) is 12.0 Å². The van der Waals surface area contributed by atoms with E-state index in [1.54, 1.807) is 6.08 Å². The fraction of sp³-hybridized carbons (Fsp3) is 0.0638. The zero-order valence-electron chi connectivity index (χ0n) is 28.5. The van der Waals surface area contributed by atoms with Gasteiger partial charge in [-0.15, -0.1) is 0 Å². The number of benzene rings is 5. The minimum absolute atomic E-state index is 0.0138. The summed E-state index contributed by atoms with van der Waals surface area (Å²) in [5, 5.41) is 0. The molecule has 2 aliphatic heterocycles. The summed E-state index contributed by atoms with van der Waals surface area (Å²) in [5.41, 5.74) is 10.2. The summed E-state index contributed by atoms with van der Waals surface area (Å²) < 4.78 is 19.0. The summed E-state index contributed by atoms with van der Waals surface area (Å²) in [6, 6.07) is 42.2. The van der Waals surface area contributed by atoms with E-state index < -0.39 is 0 Å². The molecule has 0 amide bonds. The molecule has 5 aromatic carbocycles. The van der Waals surface area contributed by atoms with Crippen LogP contribution < -0.4 is 19.1 Å². The van der Waals surface area contributed by atoms with Gasteiger partial charge in [-0.2, -0.15) is 0 Å². The second-order valence-corrected chi connectivity index (χ2v) is 12.6. The molecule has 0 spiro atoms. The molecule has 3 aliphatic rings. The monoisotopic (exact) mass is 663 g/mol. The molecular formula is C47H37NO3. The third kappa shape index (κ3) is 5.91. The van der Waals surface area contributed by atoms with Gasteiger partial charge in [0.25, 0.3) is 0 Å². The Morgan fingerprint density at radius 1 is 0.686 bits per heavy atom.